The fourth-order valence-electron chi connectivity index (χ4n) is 3.96. The van der Waals surface area contributed by atoms with E-state index in [1.807, 2.05) is 0 Å². The molecule has 2 saturated heterocycles. The largest absolute Gasteiger partial charge is 0.453 e. The second kappa shape index (κ2) is 4.67. The maximum Gasteiger partial charge on any atom is 0.201 e. The van der Waals surface area contributed by atoms with Crippen LogP contribution < -0.4 is 0 Å². The SMILES string of the molecule is CN1C2CCC1CC(C(=O)c1cc3cc(F)ccc3o1)C2. The lowest BCUT2D eigenvalue weighted by atomic mass is 9.87. The van der Waals surface area contributed by atoms with Crippen molar-refractivity contribution in [2.75, 3.05) is 7.05 Å². The van der Waals surface area contributed by atoms with Gasteiger partial charge in [-0.25, -0.2) is 4.39 Å². The van der Waals surface area contributed by atoms with E-state index >= 15 is 0 Å². The molecule has 0 radical (unpaired) electrons. The first-order valence-electron chi connectivity index (χ1n) is 7.57. The lowest BCUT2D eigenvalue weighted by Gasteiger charge is -2.35. The molecule has 0 spiro atoms. The number of fused-ring (bicyclic) bond motifs is 3. The summed E-state index contributed by atoms with van der Waals surface area (Å²) in [5.74, 6) is 0.199. The van der Waals surface area contributed by atoms with Crippen molar-refractivity contribution in [1.82, 2.24) is 4.90 Å². The Labute approximate surface area is 122 Å². The summed E-state index contributed by atoms with van der Waals surface area (Å²) >= 11 is 0. The summed E-state index contributed by atoms with van der Waals surface area (Å²) in [7, 11) is 2.16. The van der Waals surface area contributed by atoms with Crippen LogP contribution in [0.2, 0.25) is 0 Å². The monoisotopic (exact) mass is 287 g/mol. The number of hydrogen-bond acceptors (Lipinski definition) is 3. The van der Waals surface area contributed by atoms with Gasteiger partial charge in [0.05, 0.1) is 0 Å². The molecule has 110 valence electrons. The predicted octanol–water partition coefficient (Wildman–Crippen LogP) is 3.63. The minimum Gasteiger partial charge on any atom is -0.453 e. The van der Waals surface area contributed by atoms with Crippen molar-refractivity contribution in [3.05, 3.63) is 35.8 Å². The highest BCUT2D eigenvalue weighted by atomic mass is 19.1. The van der Waals surface area contributed by atoms with Crippen molar-refractivity contribution >= 4 is 16.8 Å². The number of ketones is 1. The maximum absolute atomic E-state index is 13.2. The zero-order valence-corrected chi connectivity index (χ0v) is 12.0. The average molecular weight is 287 g/mol. The van der Waals surface area contributed by atoms with Gasteiger partial charge >= 0.3 is 0 Å². The highest BCUT2D eigenvalue weighted by Crippen LogP contribution is 2.39. The molecule has 2 bridgehead atoms. The number of benzene rings is 1. The Kier molecular flexibility index (Phi) is 2.89. The topological polar surface area (TPSA) is 33.5 Å². The Hall–Kier alpha value is -1.68. The Morgan fingerprint density at radius 1 is 1.24 bits per heavy atom. The summed E-state index contributed by atoms with van der Waals surface area (Å²) in [6.07, 6.45) is 4.21. The zero-order chi connectivity index (χ0) is 14.6. The second-order valence-electron chi connectivity index (χ2n) is 6.38. The van der Waals surface area contributed by atoms with Crippen LogP contribution in [0.4, 0.5) is 4.39 Å². The third-order valence-electron chi connectivity index (χ3n) is 5.19. The first-order chi connectivity index (χ1) is 10.1. The van der Waals surface area contributed by atoms with E-state index in [-0.39, 0.29) is 17.5 Å². The standard InChI is InChI=1S/C17H18FNO2/c1-19-13-3-4-14(19)8-11(7-13)17(20)16-9-10-6-12(18)2-5-15(10)21-16/h2,5-6,9,11,13-14H,3-4,7-8H2,1H3. The fraction of sp³-hybridized carbons (Fsp3) is 0.471. The van der Waals surface area contributed by atoms with E-state index in [4.69, 9.17) is 4.42 Å². The first kappa shape index (κ1) is 13.0. The lowest BCUT2D eigenvalue weighted by molar-refractivity contribution is 0.0742. The maximum atomic E-state index is 13.2. The summed E-state index contributed by atoms with van der Waals surface area (Å²) in [5, 5.41) is 0.661. The summed E-state index contributed by atoms with van der Waals surface area (Å²) in [6, 6.07) is 7.09. The number of Topliss-reactive ketones (excluding diaryl/α,β-unsaturated/α-hetero) is 1. The number of rotatable bonds is 2. The first-order valence-corrected chi connectivity index (χ1v) is 7.57. The molecular formula is C17H18FNO2. The molecule has 21 heavy (non-hydrogen) atoms. The molecule has 0 saturated carbocycles. The molecule has 4 rings (SSSR count). The van der Waals surface area contributed by atoms with Gasteiger partial charge in [-0.1, -0.05) is 0 Å². The molecule has 0 N–H and O–H groups in total. The van der Waals surface area contributed by atoms with Crippen molar-refractivity contribution < 1.29 is 13.6 Å². The molecule has 2 fully saturated rings. The molecule has 1 aromatic heterocycles. The molecule has 1 aromatic carbocycles. The lowest BCUT2D eigenvalue weighted by Crippen LogP contribution is -2.42. The quantitative estimate of drug-likeness (QED) is 0.791. The van der Waals surface area contributed by atoms with Crippen molar-refractivity contribution in [2.45, 2.75) is 37.8 Å². The highest BCUT2D eigenvalue weighted by molar-refractivity contribution is 5.99. The number of carbonyl (C=O) groups excluding carboxylic acids is 1. The zero-order valence-electron chi connectivity index (χ0n) is 12.0. The number of carbonyl (C=O) groups is 1. The highest BCUT2D eigenvalue weighted by Gasteiger charge is 2.41. The van der Waals surface area contributed by atoms with Gasteiger partial charge in [0.25, 0.3) is 0 Å². The molecule has 3 heterocycles. The van der Waals surface area contributed by atoms with Gasteiger partial charge in [-0.05, 0) is 57.0 Å². The van der Waals surface area contributed by atoms with Crippen LogP contribution in [0.25, 0.3) is 11.0 Å². The molecule has 2 unspecified atom stereocenters. The van der Waals surface area contributed by atoms with Crippen molar-refractivity contribution in [3.63, 3.8) is 0 Å². The molecule has 0 aliphatic carbocycles. The van der Waals surface area contributed by atoms with E-state index in [9.17, 15) is 9.18 Å². The van der Waals surface area contributed by atoms with Crippen molar-refractivity contribution in [1.29, 1.82) is 0 Å². The molecule has 2 aliphatic heterocycles. The van der Waals surface area contributed by atoms with E-state index in [0.717, 1.165) is 12.8 Å². The van der Waals surface area contributed by atoms with Gasteiger partial charge in [0.2, 0.25) is 5.78 Å². The van der Waals surface area contributed by atoms with Crippen molar-refractivity contribution in [2.24, 2.45) is 5.92 Å². The Morgan fingerprint density at radius 3 is 2.67 bits per heavy atom. The van der Waals surface area contributed by atoms with Gasteiger partial charge in [0, 0.05) is 23.4 Å². The number of hydrogen-bond donors (Lipinski definition) is 0. The van der Waals surface area contributed by atoms with Gasteiger partial charge in [-0.3, -0.25) is 4.79 Å². The van der Waals surface area contributed by atoms with Gasteiger partial charge in [-0.2, -0.15) is 0 Å². The van der Waals surface area contributed by atoms with Crippen LogP contribution in [0.1, 0.15) is 36.2 Å². The van der Waals surface area contributed by atoms with E-state index in [1.165, 1.54) is 25.0 Å². The van der Waals surface area contributed by atoms with Crippen LogP contribution in [0.15, 0.2) is 28.7 Å². The van der Waals surface area contributed by atoms with Crippen LogP contribution in [0, 0.1) is 11.7 Å². The minimum atomic E-state index is -0.306. The summed E-state index contributed by atoms with van der Waals surface area (Å²) < 4.78 is 18.8. The molecule has 2 aromatic rings. The van der Waals surface area contributed by atoms with E-state index < -0.39 is 0 Å². The average Bonchev–Trinajstić information content (AvgIpc) is 2.94. The molecule has 3 nitrogen and oxygen atoms in total. The Morgan fingerprint density at radius 2 is 1.95 bits per heavy atom. The predicted molar refractivity (Wildman–Crippen MR) is 77.8 cm³/mol. The van der Waals surface area contributed by atoms with Gasteiger partial charge in [0.1, 0.15) is 11.4 Å². The van der Waals surface area contributed by atoms with Crippen LogP contribution in [0.3, 0.4) is 0 Å². The molecule has 2 atom stereocenters. The number of halogens is 1. The van der Waals surface area contributed by atoms with Gasteiger partial charge in [0.15, 0.2) is 5.76 Å². The van der Waals surface area contributed by atoms with Crippen LogP contribution in [0.5, 0.6) is 0 Å². The van der Waals surface area contributed by atoms with E-state index in [1.54, 1.807) is 12.1 Å². The minimum absolute atomic E-state index is 0.0455. The van der Waals surface area contributed by atoms with Crippen LogP contribution in [-0.4, -0.2) is 29.8 Å². The van der Waals surface area contributed by atoms with Crippen molar-refractivity contribution in [3.8, 4) is 0 Å². The van der Waals surface area contributed by atoms with E-state index in [0.29, 0.717) is 28.8 Å². The summed E-state index contributed by atoms with van der Waals surface area (Å²) in [5.41, 5.74) is 0.579. The van der Waals surface area contributed by atoms with Crippen LogP contribution in [-0.2, 0) is 0 Å². The number of furan rings is 1. The third-order valence-corrected chi connectivity index (χ3v) is 5.19. The fourth-order valence-corrected chi connectivity index (χ4v) is 3.96. The normalized spacial score (nSPS) is 29.1. The smallest absolute Gasteiger partial charge is 0.201 e. The summed E-state index contributed by atoms with van der Waals surface area (Å²) in [4.78, 5) is 15.1. The Balaban J connectivity index is 1.61. The third kappa shape index (κ3) is 2.09. The molecule has 0 amide bonds. The molecule has 2 aliphatic rings. The Bertz CT molecular complexity index is 694. The van der Waals surface area contributed by atoms with Crippen LogP contribution >= 0.6 is 0 Å². The number of piperidine rings is 1. The number of nitrogens with zero attached hydrogens (tertiary/aromatic N) is 1. The summed E-state index contributed by atoms with van der Waals surface area (Å²) in [6.45, 7) is 0. The van der Waals surface area contributed by atoms with Gasteiger partial charge in [-0.15, -0.1) is 0 Å². The molecular weight excluding hydrogens is 269 g/mol. The van der Waals surface area contributed by atoms with E-state index in [2.05, 4.69) is 11.9 Å². The molecule has 4 heteroatoms. The second-order valence-corrected chi connectivity index (χ2v) is 6.38. The van der Waals surface area contributed by atoms with Gasteiger partial charge < -0.3 is 9.32 Å².